The third kappa shape index (κ3) is 6.69. The molecule has 2 amide bonds. The first-order valence-corrected chi connectivity index (χ1v) is 12.6. The Kier molecular flexibility index (Phi) is 8.35. The second kappa shape index (κ2) is 11.5. The number of ether oxygens (including phenoxy) is 2. The number of rotatable bonds is 7. The first-order valence-electron chi connectivity index (χ1n) is 12.6. The van der Waals surface area contributed by atoms with Crippen molar-refractivity contribution in [1.29, 1.82) is 0 Å². The number of carbonyl (C=O) groups is 2. The van der Waals surface area contributed by atoms with Gasteiger partial charge in [0, 0.05) is 26.2 Å². The molecular formula is C27H30F3N2O6-. The van der Waals surface area contributed by atoms with E-state index < -0.39 is 35.6 Å². The van der Waals surface area contributed by atoms with Gasteiger partial charge in [-0.3, -0.25) is 4.79 Å². The predicted molar refractivity (Wildman–Crippen MR) is 128 cm³/mol. The molecule has 2 fully saturated rings. The van der Waals surface area contributed by atoms with Crippen LogP contribution in [0.1, 0.15) is 49.1 Å². The number of amides is 2. The van der Waals surface area contributed by atoms with Crippen LogP contribution >= 0.6 is 0 Å². The standard InChI is InChI=1S/C27H31F3N2O6/c28-27(29,30)38-22-17-20(9-10-21(22)37-18-19-7-3-1-4-8-19)23(26(36)11-5-2-6-12-26)24(33)31-13-15-32(16-14-31)25(34)35/h1,3-4,7-10,17,23,36H,2,5-6,11-16,18H2,(H,34,35)/p-1. The number of halogens is 3. The van der Waals surface area contributed by atoms with E-state index in [4.69, 9.17) is 4.74 Å². The molecular weight excluding hydrogens is 505 g/mol. The molecule has 1 atom stereocenters. The minimum Gasteiger partial charge on any atom is -0.530 e. The summed E-state index contributed by atoms with van der Waals surface area (Å²) in [4.78, 5) is 27.5. The zero-order valence-corrected chi connectivity index (χ0v) is 20.8. The van der Waals surface area contributed by atoms with Crippen molar-refractivity contribution in [2.75, 3.05) is 26.2 Å². The number of benzene rings is 2. The van der Waals surface area contributed by atoms with E-state index in [-0.39, 0.29) is 44.1 Å². The molecule has 1 heterocycles. The Balaban J connectivity index is 1.66. The van der Waals surface area contributed by atoms with Gasteiger partial charge >= 0.3 is 6.36 Å². The van der Waals surface area contributed by atoms with Crippen molar-refractivity contribution in [3.05, 3.63) is 59.7 Å². The highest BCUT2D eigenvalue weighted by Gasteiger charge is 2.45. The van der Waals surface area contributed by atoms with Crippen LogP contribution in [0.3, 0.4) is 0 Å². The molecule has 2 aromatic carbocycles. The molecule has 0 bridgehead atoms. The third-order valence-electron chi connectivity index (χ3n) is 7.12. The van der Waals surface area contributed by atoms with Gasteiger partial charge in [0.2, 0.25) is 5.91 Å². The van der Waals surface area contributed by atoms with Crippen LogP contribution in [-0.4, -0.2) is 65.0 Å². The lowest BCUT2D eigenvalue weighted by Gasteiger charge is -2.43. The molecule has 0 radical (unpaired) electrons. The van der Waals surface area contributed by atoms with Crippen LogP contribution in [0, 0.1) is 0 Å². The maximum atomic E-state index is 13.8. The van der Waals surface area contributed by atoms with Gasteiger partial charge in [0.25, 0.3) is 0 Å². The topological polar surface area (TPSA) is 102 Å². The quantitative estimate of drug-likeness (QED) is 0.583. The lowest BCUT2D eigenvalue weighted by atomic mass is 9.72. The summed E-state index contributed by atoms with van der Waals surface area (Å²) < 4.78 is 49.9. The van der Waals surface area contributed by atoms with Gasteiger partial charge in [-0.1, -0.05) is 55.7 Å². The van der Waals surface area contributed by atoms with Gasteiger partial charge in [-0.25, -0.2) is 0 Å². The fourth-order valence-corrected chi connectivity index (χ4v) is 5.19. The summed E-state index contributed by atoms with van der Waals surface area (Å²) in [7, 11) is 0. The fraction of sp³-hybridized carbons (Fsp3) is 0.481. The average molecular weight is 536 g/mol. The molecule has 1 saturated heterocycles. The van der Waals surface area contributed by atoms with Gasteiger partial charge in [-0.05, 0) is 36.1 Å². The van der Waals surface area contributed by atoms with Gasteiger partial charge in [0.1, 0.15) is 12.7 Å². The lowest BCUT2D eigenvalue weighted by Crippen LogP contribution is -2.56. The van der Waals surface area contributed by atoms with Gasteiger partial charge in [0.05, 0.1) is 11.5 Å². The van der Waals surface area contributed by atoms with Crippen LogP contribution < -0.4 is 14.6 Å². The molecule has 8 nitrogen and oxygen atoms in total. The van der Waals surface area contributed by atoms with Crippen LogP contribution in [0.25, 0.3) is 0 Å². The van der Waals surface area contributed by atoms with E-state index in [1.807, 2.05) is 6.07 Å². The van der Waals surface area contributed by atoms with Crippen molar-refractivity contribution in [1.82, 2.24) is 9.80 Å². The molecule has 4 rings (SSSR count). The van der Waals surface area contributed by atoms with Gasteiger partial charge in [-0.15, -0.1) is 13.2 Å². The van der Waals surface area contributed by atoms with Crippen molar-refractivity contribution in [3.8, 4) is 11.5 Å². The molecule has 2 aromatic rings. The van der Waals surface area contributed by atoms with E-state index in [9.17, 15) is 33.0 Å². The lowest BCUT2D eigenvalue weighted by molar-refractivity contribution is -0.275. The van der Waals surface area contributed by atoms with Crippen molar-refractivity contribution < 1.29 is 42.4 Å². The van der Waals surface area contributed by atoms with E-state index in [2.05, 4.69) is 4.74 Å². The first-order chi connectivity index (χ1) is 18.1. The molecule has 0 aromatic heterocycles. The fourth-order valence-electron chi connectivity index (χ4n) is 5.19. The van der Waals surface area contributed by atoms with Gasteiger partial charge in [-0.2, -0.15) is 0 Å². The Morgan fingerprint density at radius 2 is 1.58 bits per heavy atom. The highest BCUT2D eigenvalue weighted by Crippen LogP contribution is 2.44. The molecule has 38 heavy (non-hydrogen) atoms. The number of hydrogen-bond acceptors (Lipinski definition) is 6. The van der Waals surface area contributed by atoms with Crippen molar-refractivity contribution in [3.63, 3.8) is 0 Å². The van der Waals surface area contributed by atoms with E-state index in [1.165, 1.54) is 17.0 Å². The molecule has 1 aliphatic carbocycles. The van der Waals surface area contributed by atoms with Crippen molar-refractivity contribution >= 4 is 12.0 Å². The van der Waals surface area contributed by atoms with E-state index in [0.717, 1.165) is 23.0 Å². The van der Waals surface area contributed by atoms with Gasteiger partial charge in [0.15, 0.2) is 11.5 Å². The highest BCUT2D eigenvalue weighted by molar-refractivity contribution is 5.86. The summed E-state index contributed by atoms with van der Waals surface area (Å²) in [6.45, 7) is 0.276. The molecule has 1 N–H and O–H groups in total. The van der Waals surface area contributed by atoms with Crippen LogP contribution in [0.4, 0.5) is 18.0 Å². The SMILES string of the molecule is O=C([O-])N1CCN(C(=O)C(c2ccc(OCc3ccccc3)c(OC(F)(F)F)c2)C2(O)CCCCC2)CC1. The molecule has 1 saturated carbocycles. The van der Waals surface area contributed by atoms with Crippen LogP contribution in [-0.2, 0) is 11.4 Å². The first kappa shape index (κ1) is 27.6. The normalized spacial score (nSPS) is 18.5. The summed E-state index contributed by atoms with van der Waals surface area (Å²) in [5.41, 5.74) is -0.550. The van der Waals surface area contributed by atoms with Crippen molar-refractivity contribution in [2.45, 2.75) is 56.6 Å². The Bertz CT molecular complexity index is 1110. The second-order valence-electron chi connectivity index (χ2n) is 9.70. The Hall–Kier alpha value is -3.47. The summed E-state index contributed by atoms with van der Waals surface area (Å²) in [6.07, 6.45) is -3.51. The number of alkyl halides is 3. The minimum absolute atomic E-state index is 0.00339. The Morgan fingerprint density at radius 1 is 0.947 bits per heavy atom. The zero-order valence-electron chi connectivity index (χ0n) is 20.8. The number of hydrogen-bond donors (Lipinski definition) is 1. The maximum absolute atomic E-state index is 13.8. The summed E-state index contributed by atoms with van der Waals surface area (Å²) in [6, 6.07) is 12.8. The molecule has 2 aliphatic rings. The van der Waals surface area contributed by atoms with Gasteiger partial charge < -0.3 is 34.3 Å². The number of aliphatic hydroxyl groups is 1. The minimum atomic E-state index is -5.01. The Morgan fingerprint density at radius 3 is 2.18 bits per heavy atom. The van der Waals surface area contributed by atoms with Crippen LogP contribution in [0.15, 0.2) is 48.5 Å². The highest BCUT2D eigenvalue weighted by atomic mass is 19.4. The molecule has 206 valence electrons. The smallest absolute Gasteiger partial charge is 0.530 e. The molecule has 0 spiro atoms. The predicted octanol–water partition coefficient (Wildman–Crippen LogP) is 3.43. The van der Waals surface area contributed by atoms with E-state index in [0.29, 0.717) is 25.7 Å². The van der Waals surface area contributed by atoms with Crippen LogP contribution in [0.5, 0.6) is 11.5 Å². The molecule has 1 aliphatic heterocycles. The van der Waals surface area contributed by atoms with Crippen molar-refractivity contribution in [2.24, 2.45) is 0 Å². The van der Waals surface area contributed by atoms with E-state index in [1.54, 1.807) is 24.3 Å². The van der Waals surface area contributed by atoms with E-state index >= 15 is 0 Å². The molecule has 11 heteroatoms. The number of carboxylic acid groups (broad SMARTS) is 1. The summed E-state index contributed by atoms with van der Waals surface area (Å²) in [5.74, 6) is -2.39. The maximum Gasteiger partial charge on any atom is 0.573 e. The summed E-state index contributed by atoms with van der Waals surface area (Å²) in [5, 5.41) is 22.8. The zero-order chi connectivity index (χ0) is 27.3. The molecule has 1 unspecified atom stereocenters. The monoisotopic (exact) mass is 535 g/mol. The largest absolute Gasteiger partial charge is 0.573 e. The second-order valence-corrected chi connectivity index (χ2v) is 9.70. The number of carbonyl (C=O) groups excluding carboxylic acids is 2. The Labute approximate surface area is 218 Å². The number of nitrogens with zero attached hydrogens (tertiary/aromatic N) is 2. The number of piperazine rings is 1. The third-order valence-corrected chi connectivity index (χ3v) is 7.12. The van der Waals surface area contributed by atoms with Crippen LogP contribution in [0.2, 0.25) is 0 Å². The summed E-state index contributed by atoms with van der Waals surface area (Å²) >= 11 is 0. The average Bonchev–Trinajstić information content (AvgIpc) is 2.88.